The predicted octanol–water partition coefficient (Wildman–Crippen LogP) is 5.68. The molecule has 0 saturated heterocycles. The van der Waals surface area contributed by atoms with Crippen molar-refractivity contribution < 1.29 is 0 Å². The summed E-state index contributed by atoms with van der Waals surface area (Å²) in [6.45, 7) is 6.52. The molecule has 0 spiro atoms. The molecule has 1 aromatic carbocycles. The summed E-state index contributed by atoms with van der Waals surface area (Å²) in [5.74, 6) is 0. The van der Waals surface area contributed by atoms with Crippen LogP contribution in [-0.2, 0) is 5.41 Å². The Morgan fingerprint density at radius 2 is 1.80 bits per heavy atom. The highest BCUT2D eigenvalue weighted by atomic mass is 35.5. The molecule has 1 aromatic heterocycles. The Bertz CT molecular complexity index is 653. The SMILES string of the molecule is CC(C)(C)c1ccc(C(Cl)=C(C#N)c2cccs2)cc1. The van der Waals surface area contributed by atoms with Crippen molar-refractivity contribution in [2.24, 2.45) is 0 Å². The Kier molecular flexibility index (Phi) is 4.32. The minimum atomic E-state index is 0.112. The smallest absolute Gasteiger partial charge is 0.102 e. The Morgan fingerprint density at radius 1 is 1.15 bits per heavy atom. The quantitative estimate of drug-likeness (QED) is 0.655. The summed E-state index contributed by atoms with van der Waals surface area (Å²) in [4.78, 5) is 0.900. The molecule has 0 aliphatic heterocycles. The maximum atomic E-state index is 9.33. The predicted molar refractivity (Wildman–Crippen MR) is 87.7 cm³/mol. The van der Waals surface area contributed by atoms with Crippen LogP contribution in [0.25, 0.3) is 10.6 Å². The molecule has 3 heteroatoms. The van der Waals surface area contributed by atoms with Gasteiger partial charge in [0.05, 0.1) is 10.6 Å². The first-order valence-corrected chi connectivity index (χ1v) is 7.64. The second kappa shape index (κ2) is 5.83. The third-order valence-corrected chi connectivity index (χ3v) is 4.40. The summed E-state index contributed by atoms with van der Waals surface area (Å²) in [6.07, 6.45) is 0. The van der Waals surface area contributed by atoms with E-state index in [0.29, 0.717) is 10.6 Å². The molecule has 0 atom stereocenters. The maximum absolute atomic E-state index is 9.33. The summed E-state index contributed by atoms with van der Waals surface area (Å²) in [5, 5.41) is 11.8. The van der Waals surface area contributed by atoms with Gasteiger partial charge < -0.3 is 0 Å². The van der Waals surface area contributed by atoms with Crippen LogP contribution in [0.5, 0.6) is 0 Å². The molecule has 0 aliphatic rings. The fourth-order valence-corrected chi connectivity index (χ4v) is 2.95. The van der Waals surface area contributed by atoms with Gasteiger partial charge in [0.2, 0.25) is 0 Å². The molecule has 1 nitrogen and oxygen atoms in total. The van der Waals surface area contributed by atoms with Crippen molar-refractivity contribution in [1.29, 1.82) is 5.26 Å². The van der Waals surface area contributed by atoms with Crippen LogP contribution in [-0.4, -0.2) is 0 Å². The first-order valence-electron chi connectivity index (χ1n) is 6.38. The first-order chi connectivity index (χ1) is 9.43. The molecule has 2 rings (SSSR count). The van der Waals surface area contributed by atoms with E-state index in [4.69, 9.17) is 11.6 Å². The van der Waals surface area contributed by atoms with Crippen molar-refractivity contribution in [3.8, 4) is 6.07 Å². The molecule has 2 aromatic rings. The van der Waals surface area contributed by atoms with Gasteiger partial charge in [-0.15, -0.1) is 11.3 Å². The fraction of sp³-hybridized carbons (Fsp3) is 0.235. The van der Waals surface area contributed by atoms with Crippen LogP contribution < -0.4 is 0 Å². The molecule has 102 valence electrons. The zero-order valence-electron chi connectivity index (χ0n) is 11.8. The van der Waals surface area contributed by atoms with Crippen LogP contribution in [0.2, 0.25) is 0 Å². The Labute approximate surface area is 129 Å². The molecular formula is C17H16ClNS. The summed E-state index contributed by atoms with van der Waals surface area (Å²) in [7, 11) is 0. The number of nitriles is 1. The summed E-state index contributed by atoms with van der Waals surface area (Å²) in [5.41, 5.74) is 2.77. The van der Waals surface area contributed by atoms with E-state index in [1.54, 1.807) is 0 Å². The number of halogens is 1. The minimum Gasteiger partial charge on any atom is -0.192 e. The largest absolute Gasteiger partial charge is 0.192 e. The summed E-state index contributed by atoms with van der Waals surface area (Å²) >= 11 is 7.92. The van der Waals surface area contributed by atoms with E-state index in [0.717, 1.165) is 10.4 Å². The van der Waals surface area contributed by atoms with Crippen molar-refractivity contribution in [2.75, 3.05) is 0 Å². The molecule has 0 fully saturated rings. The molecule has 20 heavy (non-hydrogen) atoms. The minimum absolute atomic E-state index is 0.112. The second-order valence-corrected chi connectivity index (χ2v) is 6.93. The highest BCUT2D eigenvalue weighted by molar-refractivity contribution is 7.11. The fourth-order valence-electron chi connectivity index (χ4n) is 1.89. The molecule has 0 bridgehead atoms. The normalized spacial score (nSPS) is 12.8. The second-order valence-electron chi connectivity index (χ2n) is 5.61. The lowest BCUT2D eigenvalue weighted by Gasteiger charge is -2.19. The molecule has 0 amide bonds. The van der Waals surface area contributed by atoms with Crippen molar-refractivity contribution in [2.45, 2.75) is 26.2 Å². The van der Waals surface area contributed by atoms with E-state index < -0.39 is 0 Å². The molecule has 0 unspecified atom stereocenters. The number of benzene rings is 1. The third kappa shape index (κ3) is 3.12. The van der Waals surface area contributed by atoms with Gasteiger partial charge in [0, 0.05) is 4.88 Å². The van der Waals surface area contributed by atoms with Crippen molar-refractivity contribution in [3.05, 3.63) is 57.8 Å². The number of allylic oxidation sites excluding steroid dienone is 1. The van der Waals surface area contributed by atoms with Gasteiger partial charge in [-0.3, -0.25) is 0 Å². The highest BCUT2D eigenvalue weighted by Crippen LogP contribution is 2.32. The lowest BCUT2D eigenvalue weighted by Crippen LogP contribution is -2.10. The van der Waals surface area contributed by atoms with E-state index in [9.17, 15) is 5.26 Å². The van der Waals surface area contributed by atoms with Gasteiger partial charge in [0.1, 0.15) is 6.07 Å². The number of nitrogens with zero attached hydrogens (tertiary/aromatic N) is 1. The Balaban J connectivity index is 2.43. The molecule has 1 heterocycles. The molecule has 0 radical (unpaired) electrons. The summed E-state index contributed by atoms with van der Waals surface area (Å²) < 4.78 is 0. The lowest BCUT2D eigenvalue weighted by molar-refractivity contribution is 0.590. The molecule has 0 N–H and O–H groups in total. The van der Waals surface area contributed by atoms with Crippen molar-refractivity contribution in [1.82, 2.24) is 0 Å². The lowest BCUT2D eigenvalue weighted by atomic mass is 9.86. The van der Waals surface area contributed by atoms with Gasteiger partial charge in [0.25, 0.3) is 0 Å². The maximum Gasteiger partial charge on any atom is 0.102 e. The van der Waals surface area contributed by atoms with Gasteiger partial charge in [0.15, 0.2) is 0 Å². The van der Waals surface area contributed by atoms with E-state index >= 15 is 0 Å². The van der Waals surface area contributed by atoms with Crippen molar-refractivity contribution >= 4 is 33.5 Å². The first kappa shape index (κ1) is 14.8. The number of thiophene rings is 1. The Morgan fingerprint density at radius 3 is 2.25 bits per heavy atom. The average molecular weight is 302 g/mol. The standard InChI is InChI=1S/C17H16ClNS/c1-17(2,3)13-8-6-12(7-9-13)16(18)14(11-19)15-5-4-10-20-15/h4-10H,1-3H3. The summed E-state index contributed by atoms with van der Waals surface area (Å²) in [6, 6.07) is 14.1. The zero-order valence-corrected chi connectivity index (χ0v) is 13.3. The monoisotopic (exact) mass is 301 g/mol. The average Bonchev–Trinajstić information content (AvgIpc) is 2.92. The van der Waals surface area contributed by atoms with Crippen molar-refractivity contribution in [3.63, 3.8) is 0 Å². The van der Waals surface area contributed by atoms with E-state index in [1.807, 2.05) is 29.6 Å². The van der Waals surface area contributed by atoms with E-state index in [-0.39, 0.29) is 5.41 Å². The van der Waals surface area contributed by atoms with E-state index in [1.165, 1.54) is 16.9 Å². The van der Waals surface area contributed by atoms with Gasteiger partial charge in [-0.2, -0.15) is 5.26 Å². The molecule has 0 aliphatic carbocycles. The van der Waals surface area contributed by atoms with Crippen LogP contribution in [0.4, 0.5) is 0 Å². The zero-order chi connectivity index (χ0) is 14.8. The van der Waals surface area contributed by atoms with Gasteiger partial charge in [-0.1, -0.05) is 62.7 Å². The number of rotatable bonds is 2. The van der Waals surface area contributed by atoms with Crippen LogP contribution in [0.1, 0.15) is 36.8 Å². The van der Waals surface area contributed by atoms with Gasteiger partial charge >= 0.3 is 0 Å². The number of hydrogen-bond acceptors (Lipinski definition) is 2. The van der Waals surface area contributed by atoms with Crippen LogP contribution in [0.3, 0.4) is 0 Å². The number of hydrogen-bond donors (Lipinski definition) is 0. The molecular weight excluding hydrogens is 286 g/mol. The van der Waals surface area contributed by atoms with Crippen LogP contribution in [0, 0.1) is 11.3 Å². The highest BCUT2D eigenvalue weighted by Gasteiger charge is 2.15. The topological polar surface area (TPSA) is 23.8 Å². The van der Waals surface area contributed by atoms with Gasteiger partial charge in [-0.25, -0.2) is 0 Å². The molecule has 0 saturated carbocycles. The van der Waals surface area contributed by atoms with Crippen LogP contribution >= 0.6 is 22.9 Å². The van der Waals surface area contributed by atoms with Gasteiger partial charge in [-0.05, 0) is 28.0 Å². The third-order valence-electron chi connectivity index (χ3n) is 3.10. The van der Waals surface area contributed by atoms with Crippen LogP contribution in [0.15, 0.2) is 41.8 Å². The Hall–Kier alpha value is -1.56. The van der Waals surface area contributed by atoms with E-state index in [2.05, 4.69) is 39.0 Å².